The monoisotopic (exact) mass is 345 g/mol. The lowest BCUT2D eigenvalue weighted by molar-refractivity contribution is -0.122. The summed E-state index contributed by atoms with van der Waals surface area (Å²) in [5.74, 6) is -0.171. The van der Waals surface area contributed by atoms with Gasteiger partial charge in [0.05, 0.1) is 6.04 Å². The van der Waals surface area contributed by atoms with Crippen LogP contribution < -0.4 is 11.1 Å². The molecule has 0 aromatic heterocycles. The molecule has 0 bridgehead atoms. The number of nitrogens with zero attached hydrogens (tertiary/aromatic N) is 1. The number of likely N-dealkylation sites (tertiary alicyclic amines) is 1. The normalized spacial score (nSPS) is 17.6. The van der Waals surface area contributed by atoms with Crippen molar-refractivity contribution in [2.75, 3.05) is 11.9 Å². The van der Waals surface area contributed by atoms with Crippen LogP contribution in [0, 0.1) is 0 Å². The van der Waals surface area contributed by atoms with Crippen LogP contribution in [-0.4, -0.2) is 29.3 Å². The lowest BCUT2D eigenvalue weighted by Crippen LogP contribution is -2.39. The zero-order valence-corrected chi connectivity index (χ0v) is 15.3. The van der Waals surface area contributed by atoms with E-state index in [1.807, 2.05) is 24.3 Å². The first-order valence-electron chi connectivity index (χ1n) is 9.52. The van der Waals surface area contributed by atoms with Gasteiger partial charge in [0.15, 0.2) is 0 Å². The highest BCUT2D eigenvalue weighted by molar-refractivity contribution is 5.90. The molecule has 1 atom stereocenters. The van der Waals surface area contributed by atoms with Gasteiger partial charge >= 0.3 is 0 Å². The van der Waals surface area contributed by atoms with Crippen LogP contribution in [0.3, 0.4) is 0 Å². The molecule has 1 unspecified atom stereocenters. The Morgan fingerprint density at radius 2 is 2.04 bits per heavy atom. The third-order valence-corrected chi connectivity index (χ3v) is 4.80. The van der Waals surface area contributed by atoms with Crippen molar-refractivity contribution in [3.8, 4) is 0 Å². The first-order valence-corrected chi connectivity index (χ1v) is 9.52. The molecule has 0 radical (unpaired) electrons. The third-order valence-electron chi connectivity index (χ3n) is 4.80. The number of primary amides is 1. The van der Waals surface area contributed by atoms with Gasteiger partial charge < -0.3 is 11.1 Å². The summed E-state index contributed by atoms with van der Waals surface area (Å²) in [7, 11) is 0. The Labute approximate surface area is 151 Å². The molecule has 5 heteroatoms. The third kappa shape index (κ3) is 6.50. The number of amides is 2. The largest absolute Gasteiger partial charge is 0.368 e. The van der Waals surface area contributed by atoms with Crippen molar-refractivity contribution in [1.29, 1.82) is 0 Å². The fourth-order valence-corrected chi connectivity index (χ4v) is 3.43. The smallest absolute Gasteiger partial charge is 0.234 e. The van der Waals surface area contributed by atoms with E-state index >= 15 is 0 Å². The molecule has 1 aliphatic rings. The molecule has 138 valence electrons. The second-order valence-corrected chi connectivity index (χ2v) is 6.94. The van der Waals surface area contributed by atoms with Crippen molar-refractivity contribution in [1.82, 2.24) is 4.90 Å². The summed E-state index contributed by atoms with van der Waals surface area (Å²) in [5, 5.41) is 2.98. The van der Waals surface area contributed by atoms with E-state index in [1.165, 1.54) is 19.3 Å². The zero-order valence-electron chi connectivity index (χ0n) is 15.3. The number of carbonyl (C=O) groups excluding carboxylic acids is 2. The molecule has 1 aromatic rings. The second kappa shape index (κ2) is 10.2. The number of carbonyl (C=O) groups is 2. The van der Waals surface area contributed by atoms with E-state index in [9.17, 15) is 9.59 Å². The Morgan fingerprint density at radius 3 is 2.80 bits per heavy atom. The van der Waals surface area contributed by atoms with Gasteiger partial charge in [0.2, 0.25) is 11.8 Å². The molecule has 1 aromatic carbocycles. The topological polar surface area (TPSA) is 75.4 Å². The van der Waals surface area contributed by atoms with Crippen LogP contribution in [0.2, 0.25) is 0 Å². The maximum atomic E-state index is 12.1. The van der Waals surface area contributed by atoms with E-state index in [4.69, 9.17) is 5.73 Å². The number of hydrogen-bond acceptors (Lipinski definition) is 3. The Hall–Kier alpha value is -1.88. The van der Waals surface area contributed by atoms with E-state index < -0.39 is 0 Å². The minimum absolute atomic E-state index is 0.0739. The van der Waals surface area contributed by atoms with Gasteiger partial charge in [-0.05, 0) is 43.5 Å². The molecular formula is C20H31N3O2. The van der Waals surface area contributed by atoms with E-state index in [2.05, 4.69) is 17.1 Å². The molecule has 0 spiro atoms. The average Bonchev–Trinajstić information content (AvgIpc) is 3.03. The number of nitrogens with one attached hydrogen (secondary N) is 1. The summed E-state index contributed by atoms with van der Waals surface area (Å²) >= 11 is 0. The Morgan fingerprint density at radius 1 is 1.24 bits per heavy atom. The fraction of sp³-hybridized carbons (Fsp3) is 0.600. The Bertz CT molecular complexity index is 574. The summed E-state index contributed by atoms with van der Waals surface area (Å²) in [4.78, 5) is 25.7. The highest BCUT2D eigenvalue weighted by Crippen LogP contribution is 2.21. The van der Waals surface area contributed by atoms with Crippen LogP contribution in [0.1, 0.15) is 63.9 Å². The molecule has 0 aliphatic carbocycles. The van der Waals surface area contributed by atoms with Crippen LogP contribution in [0.5, 0.6) is 0 Å². The van der Waals surface area contributed by atoms with E-state index in [-0.39, 0.29) is 17.9 Å². The van der Waals surface area contributed by atoms with Gasteiger partial charge in [0.1, 0.15) is 0 Å². The first kappa shape index (κ1) is 19.4. The van der Waals surface area contributed by atoms with Gasteiger partial charge in [0, 0.05) is 18.7 Å². The number of benzene rings is 1. The minimum atomic E-state index is -0.245. The van der Waals surface area contributed by atoms with Crippen LogP contribution in [0.4, 0.5) is 5.69 Å². The van der Waals surface area contributed by atoms with Crippen molar-refractivity contribution in [3.63, 3.8) is 0 Å². The number of nitrogens with two attached hydrogens (primary N) is 1. The van der Waals surface area contributed by atoms with Crippen molar-refractivity contribution < 1.29 is 9.59 Å². The fourth-order valence-electron chi connectivity index (χ4n) is 3.43. The Balaban J connectivity index is 1.82. The molecular weight excluding hydrogens is 314 g/mol. The van der Waals surface area contributed by atoms with Gasteiger partial charge in [-0.25, -0.2) is 0 Å². The van der Waals surface area contributed by atoms with E-state index in [0.29, 0.717) is 13.0 Å². The summed E-state index contributed by atoms with van der Waals surface area (Å²) in [6, 6.07) is 7.71. The van der Waals surface area contributed by atoms with Crippen molar-refractivity contribution in [2.45, 2.75) is 70.9 Å². The minimum Gasteiger partial charge on any atom is -0.368 e. The first-order chi connectivity index (χ1) is 12.1. The number of rotatable bonds is 10. The quantitative estimate of drug-likeness (QED) is 0.638. The van der Waals surface area contributed by atoms with E-state index in [1.54, 1.807) is 0 Å². The summed E-state index contributed by atoms with van der Waals surface area (Å²) < 4.78 is 0. The van der Waals surface area contributed by atoms with Gasteiger partial charge in [-0.1, -0.05) is 44.7 Å². The zero-order chi connectivity index (χ0) is 18.1. The number of unbranched alkanes of at least 4 members (excludes halogenated alkanes) is 4. The molecule has 1 heterocycles. The van der Waals surface area contributed by atoms with Crippen molar-refractivity contribution in [3.05, 3.63) is 29.8 Å². The van der Waals surface area contributed by atoms with Gasteiger partial charge in [-0.2, -0.15) is 0 Å². The van der Waals surface area contributed by atoms with Crippen molar-refractivity contribution >= 4 is 17.5 Å². The molecule has 1 saturated heterocycles. The van der Waals surface area contributed by atoms with E-state index in [0.717, 1.165) is 43.5 Å². The number of hydrogen-bond donors (Lipinski definition) is 2. The highest BCUT2D eigenvalue weighted by atomic mass is 16.2. The molecule has 3 N–H and O–H groups in total. The molecule has 5 nitrogen and oxygen atoms in total. The van der Waals surface area contributed by atoms with Crippen LogP contribution in [-0.2, 0) is 16.1 Å². The molecule has 1 fully saturated rings. The molecule has 1 aliphatic heterocycles. The summed E-state index contributed by atoms with van der Waals surface area (Å²) in [6.45, 7) is 3.77. The molecule has 2 amide bonds. The highest BCUT2D eigenvalue weighted by Gasteiger charge is 2.28. The maximum Gasteiger partial charge on any atom is 0.234 e. The lowest BCUT2D eigenvalue weighted by Gasteiger charge is -2.22. The summed E-state index contributed by atoms with van der Waals surface area (Å²) in [6.07, 6.45) is 8.13. The van der Waals surface area contributed by atoms with Crippen LogP contribution >= 0.6 is 0 Å². The predicted octanol–water partition coefficient (Wildman–Crippen LogP) is 3.44. The molecule has 0 saturated carbocycles. The SMILES string of the molecule is CCCCCCCC(=O)Nc1cccc(CN2CCCC2C(N)=O)c1. The van der Waals surface area contributed by atoms with Gasteiger partial charge in [-0.3, -0.25) is 14.5 Å². The Kier molecular flexibility index (Phi) is 7.92. The predicted molar refractivity (Wildman–Crippen MR) is 101 cm³/mol. The van der Waals surface area contributed by atoms with Gasteiger partial charge in [0.25, 0.3) is 0 Å². The summed E-state index contributed by atoms with van der Waals surface area (Å²) in [5.41, 5.74) is 7.39. The van der Waals surface area contributed by atoms with Crippen LogP contribution in [0.25, 0.3) is 0 Å². The van der Waals surface area contributed by atoms with Crippen LogP contribution in [0.15, 0.2) is 24.3 Å². The van der Waals surface area contributed by atoms with Gasteiger partial charge in [-0.15, -0.1) is 0 Å². The number of anilines is 1. The maximum absolute atomic E-state index is 12.1. The standard InChI is InChI=1S/C20H31N3O2/c1-2-3-4-5-6-12-19(24)22-17-10-7-9-16(14-17)15-23-13-8-11-18(23)20(21)25/h7,9-10,14,18H,2-6,8,11-13,15H2,1H3,(H2,21,25)(H,22,24). The molecule has 2 rings (SSSR count). The molecule has 25 heavy (non-hydrogen) atoms. The average molecular weight is 345 g/mol. The lowest BCUT2D eigenvalue weighted by atomic mass is 10.1. The van der Waals surface area contributed by atoms with Crippen molar-refractivity contribution in [2.24, 2.45) is 5.73 Å². The second-order valence-electron chi connectivity index (χ2n) is 6.94.